The van der Waals surface area contributed by atoms with Crippen molar-refractivity contribution in [2.75, 3.05) is 0 Å². The topological polar surface area (TPSA) is 25.8 Å². The standard InChI is InChI=1S/C57H40N2/c1-57(2)51-29-15-28-46(55(51)50-34-40-20-9-10-21-41(40)35-52(50)57)43-24-14-23-42(33-43)45-30-31-49(48-27-12-11-26-47(45)48)54-36-53(58-56(59-54)38-18-7-4-8-19-38)44-25-13-22-39(32-44)37-16-5-3-6-17-37/h3-36H,1-2H3. The van der Waals surface area contributed by atoms with Crippen molar-refractivity contribution >= 4 is 21.5 Å². The molecular weight excluding hydrogens is 713 g/mol. The molecule has 1 aliphatic carbocycles. The molecule has 0 atom stereocenters. The highest BCUT2D eigenvalue weighted by atomic mass is 14.9. The Hall–Kier alpha value is -7.42. The molecule has 9 aromatic carbocycles. The summed E-state index contributed by atoms with van der Waals surface area (Å²) in [5, 5.41) is 4.90. The van der Waals surface area contributed by atoms with Crippen LogP contribution in [-0.4, -0.2) is 9.97 Å². The molecule has 0 unspecified atom stereocenters. The fourth-order valence-corrected chi connectivity index (χ4v) is 9.28. The van der Waals surface area contributed by atoms with E-state index in [-0.39, 0.29) is 5.41 Å². The lowest BCUT2D eigenvalue weighted by Gasteiger charge is -2.22. The van der Waals surface area contributed by atoms with Gasteiger partial charge in [-0.3, -0.25) is 0 Å². The van der Waals surface area contributed by atoms with E-state index in [0.29, 0.717) is 5.82 Å². The highest BCUT2D eigenvalue weighted by Crippen LogP contribution is 2.53. The summed E-state index contributed by atoms with van der Waals surface area (Å²) in [4.78, 5) is 10.4. The minimum absolute atomic E-state index is 0.0969. The maximum Gasteiger partial charge on any atom is 0.160 e. The molecule has 11 rings (SSSR count). The fourth-order valence-electron chi connectivity index (χ4n) is 9.28. The van der Waals surface area contributed by atoms with Gasteiger partial charge in [-0.1, -0.05) is 190 Å². The summed E-state index contributed by atoms with van der Waals surface area (Å²) in [6.07, 6.45) is 0. The number of hydrogen-bond donors (Lipinski definition) is 0. The summed E-state index contributed by atoms with van der Waals surface area (Å²) < 4.78 is 0. The summed E-state index contributed by atoms with van der Waals surface area (Å²) >= 11 is 0. The highest BCUT2D eigenvalue weighted by molar-refractivity contribution is 6.06. The lowest BCUT2D eigenvalue weighted by atomic mass is 9.81. The number of rotatable bonds is 6. The van der Waals surface area contributed by atoms with Gasteiger partial charge in [-0.2, -0.15) is 0 Å². The second-order valence-electron chi connectivity index (χ2n) is 16.2. The number of nitrogens with zero attached hydrogens (tertiary/aromatic N) is 2. The van der Waals surface area contributed by atoms with Crippen molar-refractivity contribution in [3.8, 4) is 78.4 Å². The third-order valence-electron chi connectivity index (χ3n) is 12.3. The predicted molar refractivity (Wildman–Crippen MR) is 247 cm³/mol. The average molecular weight is 753 g/mol. The minimum Gasteiger partial charge on any atom is -0.228 e. The van der Waals surface area contributed by atoms with Gasteiger partial charge in [-0.05, 0) is 108 Å². The van der Waals surface area contributed by atoms with Crippen LogP contribution in [0.15, 0.2) is 206 Å². The van der Waals surface area contributed by atoms with Crippen LogP contribution in [0.1, 0.15) is 25.0 Å². The van der Waals surface area contributed by atoms with Crippen molar-refractivity contribution in [3.63, 3.8) is 0 Å². The first-order chi connectivity index (χ1) is 29.0. The summed E-state index contributed by atoms with van der Waals surface area (Å²) in [6, 6.07) is 74.4. The molecule has 59 heavy (non-hydrogen) atoms. The Kier molecular flexibility index (Phi) is 8.20. The fraction of sp³-hybridized carbons (Fsp3) is 0.0526. The van der Waals surface area contributed by atoms with Crippen LogP contribution in [0, 0.1) is 0 Å². The van der Waals surface area contributed by atoms with Crippen molar-refractivity contribution in [1.82, 2.24) is 9.97 Å². The van der Waals surface area contributed by atoms with E-state index in [0.717, 1.165) is 39.0 Å². The van der Waals surface area contributed by atoms with Crippen LogP contribution in [-0.2, 0) is 5.41 Å². The Labute approximate surface area is 345 Å². The zero-order chi connectivity index (χ0) is 39.5. The molecule has 10 aromatic rings. The number of aromatic nitrogens is 2. The maximum atomic E-state index is 5.26. The first kappa shape index (κ1) is 34.8. The van der Waals surface area contributed by atoms with Crippen LogP contribution in [0.25, 0.3) is 100.0 Å². The summed E-state index contributed by atoms with van der Waals surface area (Å²) in [5.74, 6) is 0.706. The van der Waals surface area contributed by atoms with Gasteiger partial charge in [-0.25, -0.2) is 9.97 Å². The minimum atomic E-state index is -0.0969. The zero-order valence-electron chi connectivity index (χ0n) is 33.0. The van der Waals surface area contributed by atoms with Crippen molar-refractivity contribution in [2.45, 2.75) is 19.3 Å². The molecule has 278 valence electrons. The van der Waals surface area contributed by atoms with Gasteiger partial charge in [0, 0.05) is 22.1 Å². The first-order valence-electron chi connectivity index (χ1n) is 20.4. The molecule has 0 N–H and O–H groups in total. The van der Waals surface area contributed by atoms with E-state index in [1.54, 1.807) is 0 Å². The van der Waals surface area contributed by atoms with Gasteiger partial charge < -0.3 is 0 Å². The highest BCUT2D eigenvalue weighted by Gasteiger charge is 2.37. The van der Waals surface area contributed by atoms with Crippen LogP contribution in [0.2, 0.25) is 0 Å². The molecule has 1 heterocycles. The average Bonchev–Trinajstić information content (AvgIpc) is 3.53. The smallest absolute Gasteiger partial charge is 0.160 e. The number of fused-ring (bicyclic) bond motifs is 5. The van der Waals surface area contributed by atoms with Gasteiger partial charge in [0.05, 0.1) is 11.4 Å². The molecule has 0 saturated carbocycles. The quantitative estimate of drug-likeness (QED) is 0.169. The lowest BCUT2D eigenvalue weighted by Crippen LogP contribution is -2.14. The van der Waals surface area contributed by atoms with Gasteiger partial charge in [0.25, 0.3) is 0 Å². The molecule has 1 aliphatic rings. The monoisotopic (exact) mass is 752 g/mol. The molecule has 0 fully saturated rings. The van der Waals surface area contributed by atoms with E-state index in [1.807, 2.05) is 18.2 Å². The predicted octanol–water partition coefficient (Wildman–Crippen LogP) is 15.1. The first-order valence-corrected chi connectivity index (χ1v) is 20.4. The number of hydrogen-bond acceptors (Lipinski definition) is 2. The SMILES string of the molecule is CC1(C)c2cc3ccccc3cc2-c2c(-c3cccc(-c4ccc(-c5cc(-c6cccc(-c7ccccc7)c6)nc(-c6ccccc6)n5)c5ccccc45)c3)cccc21. The Morgan fingerprint density at radius 3 is 1.63 bits per heavy atom. The molecule has 0 spiro atoms. The maximum absolute atomic E-state index is 5.26. The van der Waals surface area contributed by atoms with Gasteiger partial charge >= 0.3 is 0 Å². The molecule has 0 aliphatic heterocycles. The van der Waals surface area contributed by atoms with Crippen molar-refractivity contribution < 1.29 is 0 Å². The van der Waals surface area contributed by atoms with Crippen LogP contribution >= 0.6 is 0 Å². The Morgan fingerprint density at radius 2 is 0.864 bits per heavy atom. The zero-order valence-corrected chi connectivity index (χ0v) is 33.0. The van der Waals surface area contributed by atoms with Crippen LogP contribution in [0.3, 0.4) is 0 Å². The van der Waals surface area contributed by atoms with E-state index in [2.05, 4.69) is 202 Å². The Bertz CT molecular complexity index is 3230. The summed E-state index contributed by atoms with van der Waals surface area (Å²) in [6.45, 7) is 4.73. The van der Waals surface area contributed by atoms with Crippen LogP contribution in [0.5, 0.6) is 0 Å². The normalized spacial score (nSPS) is 12.7. The number of benzene rings is 9. The van der Waals surface area contributed by atoms with E-state index >= 15 is 0 Å². The van der Waals surface area contributed by atoms with Crippen molar-refractivity contribution in [3.05, 3.63) is 217 Å². The van der Waals surface area contributed by atoms with E-state index in [4.69, 9.17) is 9.97 Å². The Balaban J connectivity index is 1.04. The van der Waals surface area contributed by atoms with Gasteiger partial charge in [-0.15, -0.1) is 0 Å². The molecule has 0 saturated heterocycles. The second kappa shape index (κ2) is 13.9. The van der Waals surface area contributed by atoms with E-state index < -0.39 is 0 Å². The van der Waals surface area contributed by atoms with Crippen LogP contribution in [0.4, 0.5) is 0 Å². The lowest BCUT2D eigenvalue weighted by molar-refractivity contribution is 0.661. The van der Waals surface area contributed by atoms with Gasteiger partial charge in [0.2, 0.25) is 0 Å². The second-order valence-corrected chi connectivity index (χ2v) is 16.2. The summed E-state index contributed by atoms with van der Waals surface area (Å²) in [7, 11) is 0. The van der Waals surface area contributed by atoms with Crippen LogP contribution < -0.4 is 0 Å². The van der Waals surface area contributed by atoms with E-state index in [9.17, 15) is 0 Å². The Morgan fingerprint density at radius 1 is 0.322 bits per heavy atom. The molecule has 0 bridgehead atoms. The van der Waals surface area contributed by atoms with E-state index in [1.165, 1.54) is 66.2 Å². The van der Waals surface area contributed by atoms with Crippen molar-refractivity contribution in [1.29, 1.82) is 0 Å². The third kappa shape index (κ3) is 5.96. The third-order valence-corrected chi connectivity index (χ3v) is 12.3. The van der Waals surface area contributed by atoms with Crippen molar-refractivity contribution in [2.24, 2.45) is 0 Å². The van der Waals surface area contributed by atoms with Gasteiger partial charge in [0.1, 0.15) is 0 Å². The molecule has 0 radical (unpaired) electrons. The molecule has 2 nitrogen and oxygen atoms in total. The summed E-state index contributed by atoms with van der Waals surface area (Å²) in [5.41, 5.74) is 17.5. The molecule has 1 aromatic heterocycles. The molecule has 0 amide bonds. The largest absolute Gasteiger partial charge is 0.228 e. The molecule has 2 heteroatoms. The van der Waals surface area contributed by atoms with Gasteiger partial charge in [0.15, 0.2) is 5.82 Å². The molecular formula is C57H40N2.